The van der Waals surface area contributed by atoms with Gasteiger partial charge in [0, 0.05) is 11.3 Å². The topological polar surface area (TPSA) is 69.9 Å². The Hall–Kier alpha value is -0.460. The van der Waals surface area contributed by atoms with E-state index in [9.17, 15) is 15.3 Å². The highest BCUT2D eigenvalue weighted by Gasteiger charge is 2.41. The molecule has 0 bridgehead atoms. The molecule has 0 aromatic carbocycles. The molecule has 25 heavy (non-hydrogen) atoms. The van der Waals surface area contributed by atoms with Gasteiger partial charge in [0.1, 0.15) is 6.10 Å². The largest absolute Gasteiger partial charge is 0.394 e. The van der Waals surface area contributed by atoms with Gasteiger partial charge in [-0.25, -0.2) is 0 Å². The summed E-state index contributed by atoms with van der Waals surface area (Å²) < 4.78 is 6.02. The lowest BCUT2D eigenvalue weighted by Crippen LogP contribution is -2.52. The predicted octanol–water partition coefficient (Wildman–Crippen LogP) is 3.14. The fourth-order valence-electron chi connectivity index (χ4n) is 4.55. The highest BCUT2D eigenvalue weighted by molar-refractivity contribution is 7.09. The maximum absolute atomic E-state index is 10.5. The van der Waals surface area contributed by atoms with Crippen molar-refractivity contribution in [3.63, 3.8) is 0 Å². The molecule has 1 saturated heterocycles. The molecule has 0 spiro atoms. The Morgan fingerprint density at radius 2 is 1.88 bits per heavy atom. The molecule has 3 unspecified atom stereocenters. The molecule has 142 valence electrons. The average molecular weight is 369 g/mol. The monoisotopic (exact) mass is 368 g/mol. The van der Waals surface area contributed by atoms with Gasteiger partial charge in [0.2, 0.25) is 0 Å². The van der Waals surface area contributed by atoms with Gasteiger partial charge in [-0.3, -0.25) is 0 Å². The van der Waals surface area contributed by atoms with E-state index < -0.39 is 12.2 Å². The second-order valence-corrected chi connectivity index (χ2v) is 8.87. The summed E-state index contributed by atoms with van der Waals surface area (Å²) >= 11 is 1.82. The molecule has 3 N–H and O–H groups in total. The minimum Gasteiger partial charge on any atom is -0.394 e. The predicted molar refractivity (Wildman–Crippen MR) is 99.7 cm³/mol. The van der Waals surface area contributed by atoms with Crippen LogP contribution in [0.4, 0.5) is 0 Å². The molecule has 3 rings (SSSR count). The number of hydrogen-bond acceptors (Lipinski definition) is 5. The van der Waals surface area contributed by atoms with Gasteiger partial charge in [0.25, 0.3) is 0 Å². The van der Waals surface area contributed by atoms with Gasteiger partial charge < -0.3 is 20.1 Å². The third-order valence-corrected chi connectivity index (χ3v) is 6.80. The van der Waals surface area contributed by atoms with E-state index in [1.165, 1.54) is 30.6 Å². The first-order valence-electron chi connectivity index (χ1n) is 9.82. The Bertz CT molecular complexity index is 492. The Labute approximate surface area is 154 Å². The maximum Gasteiger partial charge on any atom is 0.106 e. The zero-order valence-electron chi connectivity index (χ0n) is 14.9. The van der Waals surface area contributed by atoms with Crippen molar-refractivity contribution in [2.24, 2.45) is 11.8 Å². The van der Waals surface area contributed by atoms with E-state index in [-0.39, 0.29) is 24.7 Å². The number of hydrogen-bond donors (Lipinski definition) is 3. The maximum atomic E-state index is 10.5. The van der Waals surface area contributed by atoms with Crippen LogP contribution < -0.4 is 0 Å². The van der Waals surface area contributed by atoms with Crippen LogP contribution in [0.25, 0.3) is 0 Å². The number of thiophene rings is 1. The molecular weight excluding hydrogens is 336 g/mol. The lowest BCUT2D eigenvalue weighted by molar-refractivity contribution is -0.196. The molecule has 2 heterocycles. The second-order valence-electron chi connectivity index (χ2n) is 7.84. The summed E-state index contributed by atoms with van der Waals surface area (Å²) in [7, 11) is 0. The molecule has 5 heteroatoms. The van der Waals surface area contributed by atoms with Gasteiger partial charge >= 0.3 is 0 Å². The molecule has 1 aliphatic carbocycles. The second kappa shape index (κ2) is 9.47. The van der Waals surface area contributed by atoms with Crippen LogP contribution >= 0.6 is 11.3 Å². The Morgan fingerprint density at radius 3 is 2.60 bits per heavy atom. The van der Waals surface area contributed by atoms with Gasteiger partial charge in [-0.2, -0.15) is 0 Å². The van der Waals surface area contributed by atoms with Crippen LogP contribution in [0.1, 0.15) is 56.2 Å². The Morgan fingerprint density at radius 1 is 1.08 bits per heavy atom. The third kappa shape index (κ3) is 5.27. The van der Waals surface area contributed by atoms with Crippen molar-refractivity contribution >= 4 is 11.3 Å². The highest BCUT2D eigenvalue weighted by Crippen LogP contribution is 2.36. The molecular formula is C20H32O4S. The fourth-order valence-corrected chi connectivity index (χ4v) is 5.37. The Balaban J connectivity index is 1.71. The van der Waals surface area contributed by atoms with Gasteiger partial charge in [-0.05, 0) is 42.5 Å². The van der Waals surface area contributed by atoms with Crippen LogP contribution in [-0.2, 0) is 11.2 Å². The van der Waals surface area contributed by atoms with Gasteiger partial charge in [-0.1, -0.05) is 38.2 Å². The summed E-state index contributed by atoms with van der Waals surface area (Å²) in [6.07, 6.45) is 7.32. The van der Waals surface area contributed by atoms with Gasteiger partial charge in [0.05, 0.1) is 24.9 Å². The minimum atomic E-state index is -0.837. The van der Waals surface area contributed by atoms with Crippen LogP contribution in [-0.4, -0.2) is 46.3 Å². The third-order valence-electron chi connectivity index (χ3n) is 5.90. The first-order valence-corrected chi connectivity index (χ1v) is 10.7. The average Bonchev–Trinajstić information content (AvgIpc) is 3.14. The summed E-state index contributed by atoms with van der Waals surface area (Å²) in [5, 5.41) is 32.3. The number of aliphatic hydroxyl groups excluding tert-OH is 3. The lowest BCUT2D eigenvalue weighted by atomic mass is 9.80. The summed E-state index contributed by atoms with van der Waals surface area (Å²) in [5.41, 5.74) is 0. The first-order chi connectivity index (χ1) is 12.2. The molecule has 1 aromatic rings. The SMILES string of the molecule is OC[C@@H]1C[C@H](O)[C@@H](O)C(C2CCCCCCC(Cc3cccs3)C2)O1. The van der Waals surface area contributed by atoms with E-state index in [0.29, 0.717) is 12.3 Å². The summed E-state index contributed by atoms with van der Waals surface area (Å²) in [6.45, 7) is -0.0916. The molecule has 0 radical (unpaired) electrons. The summed E-state index contributed by atoms with van der Waals surface area (Å²) in [5.74, 6) is 0.853. The van der Waals surface area contributed by atoms with Crippen molar-refractivity contribution in [3.05, 3.63) is 22.4 Å². The number of rotatable bonds is 4. The molecule has 1 saturated carbocycles. The Kier molecular flexibility index (Phi) is 7.31. The molecule has 1 aliphatic heterocycles. The molecule has 4 nitrogen and oxygen atoms in total. The number of ether oxygens (including phenoxy) is 1. The van der Waals surface area contributed by atoms with Gasteiger partial charge in [-0.15, -0.1) is 11.3 Å². The van der Waals surface area contributed by atoms with E-state index >= 15 is 0 Å². The van der Waals surface area contributed by atoms with Crippen LogP contribution in [0.5, 0.6) is 0 Å². The van der Waals surface area contributed by atoms with Crippen molar-refractivity contribution in [1.82, 2.24) is 0 Å². The van der Waals surface area contributed by atoms with Crippen molar-refractivity contribution < 1.29 is 20.1 Å². The van der Waals surface area contributed by atoms with E-state index in [1.807, 2.05) is 11.3 Å². The fraction of sp³-hybridized carbons (Fsp3) is 0.800. The van der Waals surface area contributed by atoms with Crippen molar-refractivity contribution in [2.75, 3.05) is 6.61 Å². The summed E-state index contributed by atoms with van der Waals surface area (Å²) in [4.78, 5) is 1.43. The van der Waals surface area contributed by atoms with E-state index in [1.54, 1.807) is 0 Å². The molecule has 2 fully saturated rings. The van der Waals surface area contributed by atoms with Crippen LogP contribution in [0.2, 0.25) is 0 Å². The number of aliphatic hydroxyl groups is 3. The molecule has 2 aliphatic rings. The van der Waals surface area contributed by atoms with Crippen molar-refractivity contribution in [3.8, 4) is 0 Å². The zero-order valence-corrected chi connectivity index (χ0v) is 15.7. The molecule has 0 amide bonds. The van der Waals surface area contributed by atoms with Crippen LogP contribution in [0.15, 0.2) is 17.5 Å². The van der Waals surface area contributed by atoms with Crippen LogP contribution in [0.3, 0.4) is 0 Å². The zero-order chi connectivity index (χ0) is 17.6. The van der Waals surface area contributed by atoms with E-state index in [2.05, 4.69) is 17.5 Å². The van der Waals surface area contributed by atoms with Crippen molar-refractivity contribution in [1.29, 1.82) is 0 Å². The quantitative estimate of drug-likeness (QED) is 0.764. The standard InChI is InChI=1S/C20H32O4S/c21-13-16-12-18(22)19(23)20(24-16)15-7-4-2-1-3-6-14(10-15)11-17-8-5-9-25-17/h5,8-9,14-16,18-23H,1-4,6-7,10-13H2/t14?,15?,16-,18-,19+,20?/m0/s1. The van der Waals surface area contributed by atoms with Gasteiger partial charge in [0.15, 0.2) is 0 Å². The minimum absolute atomic E-state index is 0.0916. The van der Waals surface area contributed by atoms with E-state index in [0.717, 1.165) is 25.7 Å². The molecule has 1 aromatic heterocycles. The molecule has 6 atom stereocenters. The van der Waals surface area contributed by atoms with E-state index in [4.69, 9.17) is 4.74 Å². The normalized spacial score (nSPS) is 37.9. The van der Waals surface area contributed by atoms with Crippen molar-refractivity contribution in [2.45, 2.75) is 82.2 Å². The lowest BCUT2D eigenvalue weighted by Gasteiger charge is -2.41. The summed E-state index contributed by atoms with van der Waals surface area (Å²) in [6, 6.07) is 4.33. The smallest absolute Gasteiger partial charge is 0.106 e. The highest BCUT2D eigenvalue weighted by atomic mass is 32.1. The van der Waals surface area contributed by atoms with Crippen LogP contribution in [0, 0.1) is 11.8 Å². The first kappa shape index (κ1) is 19.3.